The number of rotatable bonds is 2. The first-order valence-corrected chi connectivity index (χ1v) is 9.10. The average Bonchev–Trinajstić information content (AvgIpc) is 2.67. The summed E-state index contributed by atoms with van der Waals surface area (Å²) in [6, 6.07) is 24.4. The summed E-state index contributed by atoms with van der Waals surface area (Å²) in [5.74, 6) is 0.250. The van der Waals surface area contributed by atoms with Gasteiger partial charge in [-0.05, 0) is 34.2 Å². The predicted molar refractivity (Wildman–Crippen MR) is 117 cm³/mol. The number of carbonyl (C=O) groups excluding carboxylic acids is 1. The van der Waals surface area contributed by atoms with E-state index in [4.69, 9.17) is 9.90 Å². The minimum atomic E-state index is 0. The molecule has 3 aromatic carbocycles. The van der Waals surface area contributed by atoms with Crippen molar-refractivity contribution < 1.29 is 30.0 Å². The van der Waals surface area contributed by atoms with E-state index in [0.717, 1.165) is 11.3 Å². The Morgan fingerprint density at radius 1 is 1.00 bits per heavy atom. The number of pyridine rings is 1. The summed E-state index contributed by atoms with van der Waals surface area (Å²) in [7, 11) is 0. The summed E-state index contributed by atoms with van der Waals surface area (Å²) in [6.45, 7) is 5.07. The van der Waals surface area contributed by atoms with Crippen LogP contribution in [0.5, 0.6) is 0 Å². The van der Waals surface area contributed by atoms with Crippen LogP contribution in [0.3, 0.4) is 0 Å². The number of ketones is 1. The average molecular weight is 562 g/mol. The Morgan fingerprint density at radius 3 is 2.34 bits per heavy atom. The number of benzene rings is 3. The summed E-state index contributed by atoms with van der Waals surface area (Å²) in [4.78, 5) is 13.0. The Morgan fingerprint density at radius 2 is 1.72 bits per heavy atom. The molecule has 149 valence electrons. The van der Waals surface area contributed by atoms with Gasteiger partial charge in [-0.1, -0.05) is 49.4 Å². The zero-order valence-corrected chi connectivity index (χ0v) is 19.0. The third kappa shape index (κ3) is 5.83. The summed E-state index contributed by atoms with van der Waals surface area (Å²) < 4.78 is 0. The molecule has 0 aliphatic carbocycles. The van der Waals surface area contributed by atoms with Crippen LogP contribution < -0.4 is 0 Å². The zero-order chi connectivity index (χ0) is 20.1. The maximum absolute atomic E-state index is 8.40. The van der Waals surface area contributed by atoms with E-state index in [-0.39, 0.29) is 31.6 Å². The summed E-state index contributed by atoms with van der Waals surface area (Å²) >= 11 is 0. The normalized spacial score (nSPS) is 10.8. The monoisotopic (exact) mass is 562 g/mol. The van der Waals surface area contributed by atoms with Crippen LogP contribution in [0.4, 0.5) is 0 Å². The van der Waals surface area contributed by atoms with Crippen molar-refractivity contribution in [2.24, 2.45) is 0 Å². The van der Waals surface area contributed by atoms with Gasteiger partial charge in [0.2, 0.25) is 0 Å². The van der Waals surface area contributed by atoms with E-state index < -0.39 is 0 Å². The summed E-state index contributed by atoms with van der Waals surface area (Å²) in [5.41, 5.74) is 3.22. The van der Waals surface area contributed by atoms with Gasteiger partial charge in [-0.2, -0.15) is 0 Å². The smallest absolute Gasteiger partial charge is 0.316 e. The molecular formula is C25H23IrNO2. The van der Waals surface area contributed by atoms with E-state index in [1.807, 2.05) is 12.3 Å². The van der Waals surface area contributed by atoms with Crippen molar-refractivity contribution >= 4 is 27.3 Å². The van der Waals surface area contributed by atoms with Crippen LogP contribution in [0.1, 0.15) is 19.4 Å². The Kier molecular flexibility index (Phi) is 7.83. The summed E-state index contributed by atoms with van der Waals surface area (Å²) in [6.07, 6.45) is 3.23. The molecule has 0 aliphatic rings. The third-order valence-electron chi connectivity index (χ3n) is 4.29. The second kappa shape index (κ2) is 10.1. The molecule has 1 aromatic heterocycles. The molecule has 4 rings (SSSR count). The second-order valence-corrected chi connectivity index (χ2v) is 6.78. The van der Waals surface area contributed by atoms with E-state index in [1.54, 1.807) is 0 Å². The molecule has 1 heterocycles. The molecule has 29 heavy (non-hydrogen) atoms. The van der Waals surface area contributed by atoms with Crippen molar-refractivity contribution in [3.05, 3.63) is 90.3 Å². The number of nitrogens with zero attached hydrogens (tertiary/aromatic N) is 1. The molecule has 0 bridgehead atoms. The van der Waals surface area contributed by atoms with Gasteiger partial charge in [-0.15, -0.1) is 35.4 Å². The standard InChI is InChI=1S/C20H14N.C5H8O2.Ir/c1-14-6-8-16(9-7-14)20-12-19-17(13-21-20)11-10-15-4-2-3-5-18(15)19;1-4(6)3-5(2)7;/h2-8,10-13H,1H3;3,6H,1-2H3;/q-1;;/p+1/b;4-3-;. The molecule has 0 saturated heterocycles. The van der Waals surface area contributed by atoms with Gasteiger partial charge >= 0.3 is 5.78 Å². The van der Waals surface area contributed by atoms with Crippen LogP contribution in [-0.4, -0.2) is 20.7 Å². The first-order valence-electron chi connectivity index (χ1n) is 9.10. The fraction of sp³-hybridized carbons (Fsp3) is 0.120. The Bertz CT molecular complexity index is 1160. The van der Waals surface area contributed by atoms with E-state index >= 15 is 0 Å². The quantitative estimate of drug-likeness (QED) is 0.105. The molecule has 2 N–H and O–H groups in total. The van der Waals surface area contributed by atoms with Crippen molar-refractivity contribution in [3.8, 4) is 11.3 Å². The molecule has 3 nitrogen and oxygen atoms in total. The minimum absolute atomic E-state index is 0. The van der Waals surface area contributed by atoms with Crippen LogP contribution in [0.25, 0.3) is 32.8 Å². The van der Waals surface area contributed by atoms with Crippen molar-refractivity contribution in [1.29, 1.82) is 0 Å². The van der Waals surface area contributed by atoms with Crippen molar-refractivity contribution in [2.45, 2.75) is 20.8 Å². The molecule has 0 amide bonds. The SMILES string of the molecule is CC(=[OH+])/C=C(/C)O.Cc1c[c-]c(-c2cc3c(ccc4ccccc43)cn2)cc1.[Ir]. The second-order valence-electron chi connectivity index (χ2n) is 6.78. The molecule has 4 heteroatoms. The van der Waals surface area contributed by atoms with E-state index in [9.17, 15) is 0 Å². The van der Waals surface area contributed by atoms with E-state index in [2.05, 4.69) is 72.6 Å². The van der Waals surface area contributed by atoms with Crippen molar-refractivity contribution in [2.75, 3.05) is 0 Å². The first-order chi connectivity index (χ1) is 13.4. The van der Waals surface area contributed by atoms with Crippen LogP contribution in [-0.2, 0) is 20.1 Å². The fourth-order valence-corrected chi connectivity index (χ4v) is 3.01. The number of aryl methyl sites for hydroxylation is 1. The molecular weight excluding hydrogens is 538 g/mol. The topological polar surface area (TPSA) is 54.5 Å². The van der Waals surface area contributed by atoms with Crippen LogP contribution in [0.2, 0.25) is 0 Å². The maximum Gasteiger partial charge on any atom is 0.316 e. The Balaban J connectivity index is 0.000000327. The molecule has 4 aromatic rings. The molecule has 0 aliphatic heterocycles. The molecule has 0 saturated carbocycles. The molecule has 0 fully saturated rings. The molecule has 0 atom stereocenters. The minimum Gasteiger partial charge on any atom is -0.512 e. The van der Waals surface area contributed by atoms with Crippen LogP contribution in [0.15, 0.2) is 78.7 Å². The first kappa shape index (κ1) is 22.5. The molecule has 0 unspecified atom stereocenters. The van der Waals surface area contributed by atoms with Crippen molar-refractivity contribution in [1.82, 2.24) is 4.98 Å². The van der Waals surface area contributed by atoms with Gasteiger partial charge in [-0.25, -0.2) is 0 Å². The number of allylic oxidation sites excluding steroid dienone is 2. The van der Waals surface area contributed by atoms with Crippen molar-refractivity contribution in [3.63, 3.8) is 0 Å². The zero-order valence-electron chi connectivity index (χ0n) is 16.6. The maximum atomic E-state index is 8.40. The van der Waals surface area contributed by atoms with Gasteiger partial charge < -0.3 is 10.1 Å². The predicted octanol–water partition coefficient (Wildman–Crippen LogP) is 6.17. The number of aromatic nitrogens is 1. The van der Waals surface area contributed by atoms with Gasteiger partial charge in [0.25, 0.3) is 0 Å². The van der Waals surface area contributed by atoms with Gasteiger partial charge in [0.05, 0.1) is 18.8 Å². The third-order valence-corrected chi connectivity index (χ3v) is 4.29. The van der Waals surface area contributed by atoms with Gasteiger partial charge in [-0.3, -0.25) is 4.79 Å². The molecule has 0 spiro atoms. The Hall–Kier alpha value is -2.81. The number of hydrogen-bond donors (Lipinski definition) is 1. The number of hydrogen-bond acceptors (Lipinski definition) is 2. The van der Waals surface area contributed by atoms with E-state index in [0.29, 0.717) is 0 Å². The van der Waals surface area contributed by atoms with Crippen LogP contribution in [0, 0.1) is 13.0 Å². The molecule has 1 radical (unpaired) electrons. The van der Waals surface area contributed by atoms with Gasteiger partial charge in [0.15, 0.2) is 0 Å². The number of aliphatic hydroxyl groups is 1. The number of fused-ring (bicyclic) bond motifs is 3. The van der Waals surface area contributed by atoms with Gasteiger partial charge in [0, 0.05) is 26.3 Å². The fourth-order valence-electron chi connectivity index (χ4n) is 3.01. The summed E-state index contributed by atoms with van der Waals surface area (Å²) in [5, 5.41) is 13.3. The largest absolute Gasteiger partial charge is 0.512 e. The van der Waals surface area contributed by atoms with Gasteiger partial charge in [0.1, 0.15) is 0 Å². The number of aliphatic hydroxyl groups excluding tert-OH is 1. The van der Waals surface area contributed by atoms with Crippen LogP contribution >= 0.6 is 0 Å². The Labute approximate surface area is 184 Å². The van der Waals surface area contributed by atoms with E-state index in [1.165, 1.54) is 47.0 Å².